The molecule has 1 atom stereocenters. The van der Waals surface area contributed by atoms with Crippen molar-refractivity contribution in [3.05, 3.63) is 53.9 Å². The number of rotatable bonds is 4. The van der Waals surface area contributed by atoms with Crippen molar-refractivity contribution in [1.29, 1.82) is 0 Å². The smallest absolute Gasteiger partial charge is 0.254 e. The van der Waals surface area contributed by atoms with Crippen molar-refractivity contribution in [2.75, 3.05) is 46.1 Å². The minimum absolute atomic E-state index is 0.128. The Balaban J connectivity index is 1.14. The molecule has 1 aromatic carbocycles. The number of hydrogen-bond acceptors (Lipinski definition) is 6. The topological polar surface area (TPSA) is 58.1 Å². The average Bonchev–Trinajstić information content (AvgIpc) is 3.28. The maximum atomic E-state index is 12.8. The SMILES string of the molecule is O=C(c1ccncc1)N1CCCC(N2CCN(Cc3ccc4c(c3)OCO4)CC2)C1. The van der Waals surface area contributed by atoms with E-state index in [2.05, 4.69) is 26.9 Å². The van der Waals surface area contributed by atoms with E-state index in [0.29, 0.717) is 12.8 Å². The van der Waals surface area contributed by atoms with Crippen molar-refractivity contribution in [2.45, 2.75) is 25.4 Å². The zero-order valence-corrected chi connectivity index (χ0v) is 17.2. The van der Waals surface area contributed by atoms with Gasteiger partial charge in [0.1, 0.15) is 0 Å². The summed E-state index contributed by atoms with van der Waals surface area (Å²) in [6.07, 6.45) is 5.61. The lowest BCUT2D eigenvalue weighted by Gasteiger charge is -2.43. The van der Waals surface area contributed by atoms with Gasteiger partial charge in [-0.05, 0) is 42.7 Å². The number of piperidine rings is 1. The number of fused-ring (bicyclic) bond motifs is 1. The van der Waals surface area contributed by atoms with E-state index in [0.717, 1.165) is 69.3 Å². The summed E-state index contributed by atoms with van der Waals surface area (Å²) in [6.45, 7) is 7.11. The van der Waals surface area contributed by atoms with Crippen LogP contribution in [0.5, 0.6) is 11.5 Å². The molecule has 4 heterocycles. The van der Waals surface area contributed by atoms with E-state index in [9.17, 15) is 4.79 Å². The van der Waals surface area contributed by atoms with Crippen molar-refractivity contribution < 1.29 is 14.3 Å². The second-order valence-corrected chi connectivity index (χ2v) is 8.28. The van der Waals surface area contributed by atoms with Gasteiger partial charge in [-0.1, -0.05) is 6.07 Å². The molecule has 1 unspecified atom stereocenters. The molecule has 0 radical (unpaired) electrons. The summed E-state index contributed by atoms with van der Waals surface area (Å²) in [5, 5.41) is 0. The number of ether oxygens (including phenoxy) is 2. The number of hydrogen-bond donors (Lipinski definition) is 0. The van der Waals surface area contributed by atoms with E-state index < -0.39 is 0 Å². The Morgan fingerprint density at radius 3 is 2.63 bits per heavy atom. The molecule has 7 nitrogen and oxygen atoms in total. The zero-order chi connectivity index (χ0) is 20.3. The summed E-state index contributed by atoms with van der Waals surface area (Å²) in [5.74, 6) is 1.82. The predicted molar refractivity (Wildman–Crippen MR) is 113 cm³/mol. The Kier molecular flexibility index (Phi) is 5.55. The Morgan fingerprint density at radius 2 is 1.80 bits per heavy atom. The molecule has 0 N–H and O–H groups in total. The second kappa shape index (κ2) is 8.62. The van der Waals surface area contributed by atoms with E-state index in [1.54, 1.807) is 24.5 Å². The molecule has 1 aromatic heterocycles. The minimum Gasteiger partial charge on any atom is -0.454 e. The van der Waals surface area contributed by atoms with Crippen molar-refractivity contribution in [2.24, 2.45) is 0 Å². The van der Waals surface area contributed by atoms with Gasteiger partial charge < -0.3 is 14.4 Å². The molecule has 2 aromatic rings. The molecule has 0 spiro atoms. The minimum atomic E-state index is 0.128. The molecule has 7 heteroatoms. The Morgan fingerprint density at radius 1 is 1.00 bits per heavy atom. The van der Waals surface area contributed by atoms with Crippen molar-refractivity contribution >= 4 is 5.91 Å². The highest BCUT2D eigenvalue weighted by atomic mass is 16.7. The predicted octanol–water partition coefficient (Wildman–Crippen LogP) is 2.23. The molecule has 2 saturated heterocycles. The Bertz CT molecular complexity index is 883. The van der Waals surface area contributed by atoms with Crippen LogP contribution >= 0.6 is 0 Å². The summed E-state index contributed by atoms with van der Waals surface area (Å²) in [4.78, 5) is 23.9. The maximum Gasteiger partial charge on any atom is 0.254 e. The van der Waals surface area contributed by atoms with Crippen LogP contribution < -0.4 is 9.47 Å². The molecule has 0 saturated carbocycles. The van der Waals surface area contributed by atoms with Crippen LogP contribution in [-0.2, 0) is 6.54 Å². The number of benzene rings is 1. The van der Waals surface area contributed by atoms with Crippen LogP contribution in [0.25, 0.3) is 0 Å². The van der Waals surface area contributed by atoms with E-state index >= 15 is 0 Å². The lowest BCUT2D eigenvalue weighted by atomic mass is 10.0. The summed E-state index contributed by atoms with van der Waals surface area (Å²) in [7, 11) is 0. The van der Waals surface area contributed by atoms with Gasteiger partial charge in [-0.25, -0.2) is 0 Å². The van der Waals surface area contributed by atoms with Crippen molar-refractivity contribution in [3.63, 3.8) is 0 Å². The Labute approximate surface area is 177 Å². The van der Waals surface area contributed by atoms with Crippen LogP contribution in [0.1, 0.15) is 28.8 Å². The first kappa shape index (κ1) is 19.3. The molecule has 158 valence electrons. The van der Waals surface area contributed by atoms with Crippen LogP contribution in [0.15, 0.2) is 42.7 Å². The van der Waals surface area contributed by atoms with E-state index in [1.807, 2.05) is 11.0 Å². The third-order valence-corrected chi connectivity index (χ3v) is 6.38. The number of nitrogens with zero attached hydrogens (tertiary/aromatic N) is 4. The Hall–Kier alpha value is -2.64. The first-order chi connectivity index (χ1) is 14.8. The van der Waals surface area contributed by atoms with Crippen molar-refractivity contribution in [3.8, 4) is 11.5 Å². The molecular formula is C23H28N4O3. The first-order valence-corrected chi connectivity index (χ1v) is 10.8. The van der Waals surface area contributed by atoms with Gasteiger partial charge in [0.05, 0.1) is 0 Å². The van der Waals surface area contributed by atoms with Crippen LogP contribution in [-0.4, -0.2) is 77.7 Å². The molecule has 5 rings (SSSR count). The zero-order valence-electron chi connectivity index (χ0n) is 17.2. The fourth-order valence-corrected chi connectivity index (χ4v) is 4.70. The summed E-state index contributed by atoms with van der Waals surface area (Å²) in [5.41, 5.74) is 2.00. The van der Waals surface area contributed by atoms with Crippen LogP contribution in [0.3, 0.4) is 0 Å². The quantitative estimate of drug-likeness (QED) is 0.773. The van der Waals surface area contributed by atoms with Gasteiger partial charge in [0.25, 0.3) is 5.91 Å². The highest BCUT2D eigenvalue weighted by Gasteiger charge is 2.30. The first-order valence-electron chi connectivity index (χ1n) is 10.8. The highest BCUT2D eigenvalue weighted by molar-refractivity contribution is 5.94. The lowest BCUT2D eigenvalue weighted by molar-refractivity contribution is 0.0407. The number of pyridine rings is 1. The summed E-state index contributed by atoms with van der Waals surface area (Å²) in [6, 6.07) is 10.3. The number of aromatic nitrogens is 1. The van der Waals surface area contributed by atoms with E-state index in [-0.39, 0.29) is 5.91 Å². The molecular weight excluding hydrogens is 380 g/mol. The standard InChI is InChI=1S/C23H28N4O3/c28-23(19-5-7-24-8-6-19)27-9-1-2-20(16-27)26-12-10-25(11-13-26)15-18-3-4-21-22(14-18)30-17-29-21/h3-8,14,20H,1-2,9-13,15-17H2. The molecule has 0 aliphatic carbocycles. The van der Waals surface area contributed by atoms with Gasteiger partial charge in [0.15, 0.2) is 11.5 Å². The molecule has 1 amide bonds. The third-order valence-electron chi connectivity index (χ3n) is 6.38. The van der Waals surface area contributed by atoms with Crippen LogP contribution in [0.2, 0.25) is 0 Å². The number of carbonyl (C=O) groups is 1. The monoisotopic (exact) mass is 408 g/mol. The average molecular weight is 409 g/mol. The largest absolute Gasteiger partial charge is 0.454 e. The molecule has 30 heavy (non-hydrogen) atoms. The van der Waals surface area contributed by atoms with Crippen LogP contribution in [0, 0.1) is 0 Å². The summed E-state index contributed by atoms with van der Waals surface area (Å²) >= 11 is 0. The fraction of sp³-hybridized carbons (Fsp3) is 0.478. The molecule has 3 aliphatic heterocycles. The maximum absolute atomic E-state index is 12.8. The van der Waals surface area contributed by atoms with E-state index in [4.69, 9.17) is 9.47 Å². The number of likely N-dealkylation sites (tertiary alicyclic amines) is 1. The third kappa shape index (κ3) is 4.13. The lowest BCUT2D eigenvalue weighted by Crippen LogP contribution is -2.55. The molecule has 3 aliphatic rings. The van der Waals surface area contributed by atoms with Gasteiger partial charge in [-0.15, -0.1) is 0 Å². The van der Waals surface area contributed by atoms with Crippen LogP contribution in [0.4, 0.5) is 0 Å². The van der Waals surface area contributed by atoms with Gasteiger partial charge in [-0.2, -0.15) is 0 Å². The number of piperazine rings is 1. The van der Waals surface area contributed by atoms with Crippen molar-refractivity contribution in [1.82, 2.24) is 19.7 Å². The fourth-order valence-electron chi connectivity index (χ4n) is 4.70. The normalized spacial score (nSPS) is 22.3. The van der Waals surface area contributed by atoms with Gasteiger partial charge in [-0.3, -0.25) is 19.6 Å². The van der Waals surface area contributed by atoms with Gasteiger partial charge >= 0.3 is 0 Å². The molecule has 0 bridgehead atoms. The highest BCUT2D eigenvalue weighted by Crippen LogP contribution is 2.33. The molecule has 2 fully saturated rings. The summed E-state index contributed by atoms with van der Waals surface area (Å²) < 4.78 is 10.9. The van der Waals surface area contributed by atoms with Gasteiger partial charge in [0.2, 0.25) is 6.79 Å². The van der Waals surface area contributed by atoms with Gasteiger partial charge in [0, 0.05) is 69.8 Å². The van der Waals surface area contributed by atoms with E-state index in [1.165, 1.54) is 12.0 Å². The number of amides is 1. The number of carbonyl (C=O) groups excluding carboxylic acids is 1. The second-order valence-electron chi connectivity index (χ2n) is 8.28.